The Morgan fingerprint density at radius 3 is 2.47 bits per heavy atom. The second-order valence-corrected chi connectivity index (χ2v) is 2.98. The van der Waals surface area contributed by atoms with Crippen molar-refractivity contribution in [2.24, 2.45) is 0 Å². The summed E-state index contributed by atoms with van der Waals surface area (Å²) in [5.41, 5.74) is -0.624. The summed E-state index contributed by atoms with van der Waals surface area (Å²) in [5, 5.41) is 8.75. The fourth-order valence-electron chi connectivity index (χ4n) is 1.10. The highest BCUT2D eigenvalue weighted by Gasteiger charge is 2.33. The zero-order valence-electron chi connectivity index (χ0n) is 8.83. The van der Waals surface area contributed by atoms with Crippen LogP contribution in [0.15, 0.2) is 6.07 Å². The molecule has 0 spiro atoms. The number of aromatic nitrogens is 1. The second kappa shape index (κ2) is 4.48. The van der Waals surface area contributed by atoms with Gasteiger partial charge >= 0.3 is 12.3 Å². The molecule has 0 aromatic carbocycles. The van der Waals surface area contributed by atoms with E-state index < -0.39 is 23.6 Å². The van der Waals surface area contributed by atoms with Crippen LogP contribution in [-0.2, 0) is 0 Å². The fourth-order valence-corrected chi connectivity index (χ4v) is 1.10. The average molecular weight is 251 g/mol. The van der Waals surface area contributed by atoms with Gasteiger partial charge in [0.05, 0.1) is 12.8 Å². The molecule has 0 aliphatic carbocycles. The summed E-state index contributed by atoms with van der Waals surface area (Å²) in [6.07, 6.45) is -4.91. The topological polar surface area (TPSA) is 68.7 Å². The van der Waals surface area contributed by atoms with Gasteiger partial charge < -0.3 is 14.6 Å². The van der Waals surface area contributed by atoms with Crippen molar-refractivity contribution in [1.82, 2.24) is 4.98 Å². The van der Waals surface area contributed by atoms with Crippen LogP contribution < -0.4 is 9.47 Å². The van der Waals surface area contributed by atoms with Gasteiger partial charge in [0, 0.05) is 6.07 Å². The number of alkyl halides is 3. The molecule has 0 aliphatic heterocycles. The maximum atomic E-state index is 12.0. The smallest absolute Gasteiger partial charge is 0.480 e. The molecule has 0 radical (unpaired) electrons. The number of methoxy groups -OCH3 is 1. The number of nitrogens with zero attached hydrogens (tertiary/aromatic N) is 1. The van der Waals surface area contributed by atoms with Gasteiger partial charge in [-0.05, 0) is 6.92 Å². The van der Waals surface area contributed by atoms with Crippen LogP contribution in [0.2, 0.25) is 0 Å². The van der Waals surface area contributed by atoms with Crippen LogP contribution in [0, 0.1) is 6.92 Å². The van der Waals surface area contributed by atoms with Gasteiger partial charge in [-0.25, -0.2) is 9.78 Å². The van der Waals surface area contributed by atoms with Crippen LogP contribution in [0.25, 0.3) is 0 Å². The molecule has 0 bridgehead atoms. The first kappa shape index (κ1) is 13.1. The third kappa shape index (κ3) is 3.23. The zero-order valence-corrected chi connectivity index (χ0v) is 8.83. The highest BCUT2D eigenvalue weighted by molar-refractivity contribution is 5.90. The molecule has 1 heterocycles. The minimum absolute atomic E-state index is 0.121. The van der Waals surface area contributed by atoms with Crippen molar-refractivity contribution in [2.75, 3.05) is 7.11 Å². The number of ether oxygens (including phenoxy) is 2. The van der Waals surface area contributed by atoms with Gasteiger partial charge in [-0.1, -0.05) is 0 Å². The molecule has 1 aromatic rings. The summed E-state index contributed by atoms with van der Waals surface area (Å²) in [7, 11) is 1.17. The lowest BCUT2D eigenvalue weighted by Gasteiger charge is -2.13. The largest absolute Gasteiger partial charge is 0.573 e. The first-order chi connectivity index (χ1) is 7.74. The van der Waals surface area contributed by atoms with Crippen LogP contribution in [-0.4, -0.2) is 29.5 Å². The van der Waals surface area contributed by atoms with E-state index in [2.05, 4.69) is 14.5 Å². The van der Waals surface area contributed by atoms with E-state index in [-0.39, 0.29) is 11.6 Å². The van der Waals surface area contributed by atoms with Crippen LogP contribution in [0.5, 0.6) is 11.6 Å². The predicted molar refractivity (Wildman–Crippen MR) is 49.2 cm³/mol. The Bertz CT molecular complexity index is 445. The molecule has 94 valence electrons. The Labute approximate surface area is 93.8 Å². The van der Waals surface area contributed by atoms with Crippen LogP contribution in [0.4, 0.5) is 13.2 Å². The standard InChI is InChI=1S/C9H8F3NO4/c1-4-6(17-9(10,11)12)3-5(8(14)15)7(13-4)16-2/h3H,1-2H3,(H,14,15). The van der Waals surface area contributed by atoms with E-state index in [0.717, 1.165) is 6.07 Å². The SMILES string of the molecule is COc1nc(C)c(OC(F)(F)F)cc1C(=O)O. The minimum atomic E-state index is -4.91. The van der Waals surface area contributed by atoms with Crippen LogP contribution in [0.3, 0.4) is 0 Å². The molecule has 0 amide bonds. The van der Waals surface area contributed by atoms with E-state index in [1.54, 1.807) is 0 Å². The molecule has 1 N–H and O–H groups in total. The molecule has 0 saturated carbocycles. The predicted octanol–water partition coefficient (Wildman–Crippen LogP) is 2.00. The number of carboxylic acids is 1. The molecule has 0 aliphatic rings. The lowest BCUT2D eigenvalue weighted by molar-refractivity contribution is -0.275. The number of hydrogen-bond donors (Lipinski definition) is 1. The lowest BCUT2D eigenvalue weighted by atomic mass is 10.2. The summed E-state index contributed by atoms with van der Waals surface area (Å²) in [6.45, 7) is 1.25. The van der Waals surface area contributed by atoms with Crippen molar-refractivity contribution < 1.29 is 32.5 Å². The number of pyridine rings is 1. The summed E-state index contributed by atoms with van der Waals surface area (Å²) >= 11 is 0. The Balaban J connectivity index is 3.25. The van der Waals surface area contributed by atoms with Gasteiger partial charge in [0.1, 0.15) is 5.56 Å². The highest BCUT2D eigenvalue weighted by Crippen LogP contribution is 2.29. The van der Waals surface area contributed by atoms with E-state index in [4.69, 9.17) is 5.11 Å². The maximum Gasteiger partial charge on any atom is 0.573 e. The average Bonchev–Trinajstić information content (AvgIpc) is 2.18. The van der Waals surface area contributed by atoms with Crippen molar-refractivity contribution >= 4 is 5.97 Å². The monoisotopic (exact) mass is 251 g/mol. The Morgan fingerprint density at radius 1 is 1.47 bits per heavy atom. The first-order valence-electron chi connectivity index (χ1n) is 4.29. The van der Waals surface area contributed by atoms with Crippen molar-refractivity contribution in [1.29, 1.82) is 0 Å². The third-order valence-corrected chi connectivity index (χ3v) is 1.78. The number of aryl methyl sites for hydroxylation is 1. The number of rotatable bonds is 3. The van der Waals surface area contributed by atoms with Gasteiger partial charge in [-0.3, -0.25) is 0 Å². The van der Waals surface area contributed by atoms with Crippen molar-refractivity contribution in [3.63, 3.8) is 0 Å². The Hall–Kier alpha value is -1.99. The van der Waals surface area contributed by atoms with Gasteiger partial charge in [-0.2, -0.15) is 0 Å². The summed E-state index contributed by atoms with van der Waals surface area (Å²) in [6, 6.07) is 0.719. The number of halogens is 3. The normalized spacial score (nSPS) is 11.1. The van der Waals surface area contributed by atoms with Crippen LogP contribution >= 0.6 is 0 Å². The summed E-state index contributed by atoms with van der Waals surface area (Å²) in [5.74, 6) is -2.40. The summed E-state index contributed by atoms with van der Waals surface area (Å²) in [4.78, 5) is 14.3. The number of aromatic carboxylic acids is 1. The van der Waals surface area contributed by atoms with E-state index in [1.807, 2.05) is 0 Å². The quantitative estimate of drug-likeness (QED) is 0.889. The van der Waals surface area contributed by atoms with Gasteiger partial charge in [-0.15, -0.1) is 13.2 Å². The second-order valence-electron chi connectivity index (χ2n) is 2.98. The number of carbonyl (C=O) groups is 1. The van der Waals surface area contributed by atoms with Crippen LogP contribution in [0.1, 0.15) is 16.1 Å². The molecule has 5 nitrogen and oxygen atoms in total. The van der Waals surface area contributed by atoms with Crippen molar-refractivity contribution in [3.05, 3.63) is 17.3 Å². The first-order valence-corrected chi connectivity index (χ1v) is 4.29. The fraction of sp³-hybridized carbons (Fsp3) is 0.333. The van der Waals surface area contributed by atoms with Gasteiger partial charge in [0.15, 0.2) is 5.75 Å². The minimum Gasteiger partial charge on any atom is -0.480 e. The van der Waals surface area contributed by atoms with Crippen molar-refractivity contribution in [3.8, 4) is 11.6 Å². The molecular weight excluding hydrogens is 243 g/mol. The van der Waals surface area contributed by atoms with Gasteiger partial charge in [0.25, 0.3) is 0 Å². The molecule has 1 rings (SSSR count). The van der Waals surface area contributed by atoms with E-state index in [9.17, 15) is 18.0 Å². The van der Waals surface area contributed by atoms with E-state index in [0.29, 0.717) is 0 Å². The third-order valence-electron chi connectivity index (χ3n) is 1.78. The van der Waals surface area contributed by atoms with Crippen molar-refractivity contribution in [2.45, 2.75) is 13.3 Å². The number of hydrogen-bond acceptors (Lipinski definition) is 4. The molecule has 0 saturated heterocycles. The molecular formula is C9H8F3NO4. The molecule has 1 aromatic heterocycles. The molecule has 8 heteroatoms. The van der Waals surface area contributed by atoms with Gasteiger partial charge in [0.2, 0.25) is 5.88 Å². The molecule has 0 unspecified atom stereocenters. The molecule has 0 atom stereocenters. The molecule has 17 heavy (non-hydrogen) atoms. The Kier molecular flexibility index (Phi) is 3.45. The number of carboxylic acid groups (broad SMARTS) is 1. The Morgan fingerprint density at radius 2 is 2.06 bits per heavy atom. The molecule has 0 fully saturated rings. The maximum absolute atomic E-state index is 12.0. The summed E-state index contributed by atoms with van der Waals surface area (Å²) < 4.78 is 44.3. The highest BCUT2D eigenvalue weighted by atomic mass is 19.4. The zero-order chi connectivity index (χ0) is 13.2. The van der Waals surface area contributed by atoms with E-state index >= 15 is 0 Å². The lowest BCUT2D eigenvalue weighted by Crippen LogP contribution is -2.19. The van der Waals surface area contributed by atoms with E-state index in [1.165, 1.54) is 14.0 Å².